The Kier molecular flexibility index (Phi) is 5.07. The number of hydrogen-bond donors (Lipinski definition) is 1. The lowest BCUT2D eigenvalue weighted by atomic mass is 10.1. The summed E-state index contributed by atoms with van der Waals surface area (Å²) in [7, 11) is 0. The molecule has 2 atom stereocenters. The van der Waals surface area contributed by atoms with E-state index in [1.54, 1.807) is 0 Å². The molecule has 94 valence electrons. The summed E-state index contributed by atoms with van der Waals surface area (Å²) < 4.78 is 5.47. The van der Waals surface area contributed by atoms with Crippen LogP contribution in [0.2, 0.25) is 0 Å². The van der Waals surface area contributed by atoms with Crippen LogP contribution in [-0.4, -0.2) is 50.3 Å². The third-order valence-electron chi connectivity index (χ3n) is 3.68. The highest BCUT2D eigenvalue weighted by molar-refractivity contribution is 4.74. The van der Waals surface area contributed by atoms with Crippen molar-refractivity contribution in [3.63, 3.8) is 0 Å². The largest absolute Gasteiger partial charge is 0.380 e. The van der Waals surface area contributed by atoms with Crippen LogP contribution in [0.15, 0.2) is 0 Å². The van der Waals surface area contributed by atoms with Crippen LogP contribution in [0, 0.1) is 5.92 Å². The standard InChI is InChI=1S/C13H26N2O/c1-12(10-15-6-2-3-7-15)9-14-13-5-4-8-16-11-13/h12-14H,2-11H2,1H3. The fraction of sp³-hybridized carbons (Fsp3) is 1.00. The highest BCUT2D eigenvalue weighted by Gasteiger charge is 2.17. The molecule has 2 aliphatic heterocycles. The summed E-state index contributed by atoms with van der Waals surface area (Å²) in [5.41, 5.74) is 0. The maximum absolute atomic E-state index is 5.47. The summed E-state index contributed by atoms with van der Waals surface area (Å²) in [5, 5.41) is 3.64. The summed E-state index contributed by atoms with van der Waals surface area (Å²) in [4.78, 5) is 2.60. The Labute approximate surface area is 99.5 Å². The van der Waals surface area contributed by atoms with Gasteiger partial charge in [0, 0.05) is 19.2 Å². The Bertz CT molecular complexity index is 186. The van der Waals surface area contributed by atoms with Gasteiger partial charge in [0.2, 0.25) is 0 Å². The van der Waals surface area contributed by atoms with Crippen LogP contribution in [-0.2, 0) is 4.74 Å². The first-order valence-electron chi connectivity index (χ1n) is 6.88. The van der Waals surface area contributed by atoms with Gasteiger partial charge in [0.1, 0.15) is 0 Å². The zero-order chi connectivity index (χ0) is 11.2. The Morgan fingerprint density at radius 3 is 2.81 bits per heavy atom. The number of ether oxygens (including phenoxy) is 1. The molecule has 2 heterocycles. The van der Waals surface area contributed by atoms with Crippen molar-refractivity contribution in [3.05, 3.63) is 0 Å². The molecule has 3 heteroatoms. The SMILES string of the molecule is CC(CNC1CCCOC1)CN1CCCC1. The van der Waals surface area contributed by atoms with Crippen molar-refractivity contribution in [2.45, 2.75) is 38.6 Å². The van der Waals surface area contributed by atoms with Gasteiger partial charge < -0.3 is 15.0 Å². The Morgan fingerprint density at radius 2 is 2.12 bits per heavy atom. The lowest BCUT2D eigenvalue weighted by Crippen LogP contribution is -2.41. The molecule has 2 rings (SSSR count). The van der Waals surface area contributed by atoms with E-state index in [2.05, 4.69) is 17.1 Å². The molecule has 2 saturated heterocycles. The third kappa shape index (κ3) is 4.04. The van der Waals surface area contributed by atoms with E-state index in [1.165, 1.54) is 45.3 Å². The molecular weight excluding hydrogens is 200 g/mol. The molecule has 0 aromatic rings. The van der Waals surface area contributed by atoms with Crippen molar-refractivity contribution >= 4 is 0 Å². The topological polar surface area (TPSA) is 24.5 Å². The quantitative estimate of drug-likeness (QED) is 0.768. The van der Waals surface area contributed by atoms with Crippen LogP contribution < -0.4 is 5.32 Å². The first-order valence-corrected chi connectivity index (χ1v) is 6.88. The van der Waals surface area contributed by atoms with Gasteiger partial charge in [0.05, 0.1) is 6.61 Å². The minimum Gasteiger partial charge on any atom is -0.380 e. The Hall–Kier alpha value is -0.120. The van der Waals surface area contributed by atoms with Gasteiger partial charge in [-0.3, -0.25) is 0 Å². The molecule has 2 aliphatic rings. The fourth-order valence-electron chi connectivity index (χ4n) is 2.74. The lowest BCUT2D eigenvalue weighted by Gasteiger charge is -2.26. The first-order chi connectivity index (χ1) is 7.84. The molecule has 1 N–H and O–H groups in total. The average molecular weight is 226 g/mol. The van der Waals surface area contributed by atoms with Crippen molar-refractivity contribution in [2.75, 3.05) is 39.4 Å². The van der Waals surface area contributed by atoms with Gasteiger partial charge in [-0.05, 0) is 51.2 Å². The third-order valence-corrected chi connectivity index (χ3v) is 3.68. The van der Waals surface area contributed by atoms with E-state index in [9.17, 15) is 0 Å². The van der Waals surface area contributed by atoms with Crippen molar-refractivity contribution < 1.29 is 4.74 Å². The predicted octanol–water partition coefficient (Wildman–Crippen LogP) is 1.49. The first kappa shape index (κ1) is 12.3. The van der Waals surface area contributed by atoms with Crippen LogP contribution >= 0.6 is 0 Å². The van der Waals surface area contributed by atoms with Gasteiger partial charge in [-0.25, -0.2) is 0 Å². The Morgan fingerprint density at radius 1 is 1.31 bits per heavy atom. The van der Waals surface area contributed by atoms with Gasteiger partial charge in [0.25, 0.3) is 0 Å². The highest BCUT2D eigenvalue weighted by Crippen LogP contribution is 2.11. The maximum atomic E-state index is 5.47. The van der Waals surface area contributed by atoms with Crippen LogP contribution in [0.3, 0.4) is 0 Å². The van der Waals surface area contributed by atoms with Crippen molar-refractivity contribution in [3.8, 4) is 0 Å². The zero-order valence-electron chi connectivity index (χ0n) is 10.6. The number of likely N-dealkylation sites (tertiary alicyclic amines) is 1. The van der Waals surface area contributed by atoms with Crippen LogP contribution in [0.25, 0.3) is 0 Å². The molecule has 0 bridgehead atoms. The van der Waals surface area contributed by atoms with E-state index in [1.807, 2.05) is 0 Å². The highest BCUT2D eigenvalue weighted by atomic mass is 16.5. The van der Waals surface area contributed by atoms with Crippen LogP contribution in [0.1, 0.15) is 32.6 Å². The van der Waals surface area contributed by atoms with Crippen LogP contribution in [0.5, 0.6) is 0 Å². The number of hydrogen-bond acceptors (Lipinski definition) is 3. The predicted molar refractivity (Wildman–Crippen MR) is 66.7 cm³/mol. The molecule has 0 amide bonds. The van der Waals surface area contributed by atoms with Crippen molar-refractivity contribution in [2.24, 2.45) is 5.92 Å². The van der Waals surface area contributed by atoms with Crippen molar-refractivity contribution in [1.82, 2.24) is 10.2 Å². The molecule has 0 saturated carbocycles. The fourth-order valence-corrected chi connectivity index (χ4v) is 2.74. The van der Waals surface area contributed by atoms with Crippen LogP contribution in [0.4, 0.5) is 0 Å². The molecule has 2 unspecified atom stereocenters. The second-order valence-corrected chi connectivity index (χ2v) is 5.44. The summed E-state index contributed by atoms with van der Waals surface area (Å²) >= 11 is 0. The van der Waals surface area contributed by atoms with Gasteiger partial charge in [-0.2, -0.15) is 0 Å². The summed E-state index contributed by atoms with van der Waals surface area (Å²) in [6, 6.07) is 0.606. The molecule has 16 heavy (non-hydrogen) atoms. The molecule has 0 aliphatic carbocycles. The number of nitrogens with zero attached hydrogens (tertiary/aromatic N) is 1. The maximum Gasteiger partial charge on any atom is 0.0619 e. The molecule has 2 fully saturated rings. The van der Waals surface area contributed by atoms with E-state index in [0.717, 1.165) is 25.7 Å². The molecule has 0 aromatic carbocycles. The average Bonchev–Trinajstić information content (AvgIpc) is 2.81. The second-order valence-electron chi connectivity index (χ2n) is 5.44. The second kappa shape index (κ2) is 6.58. The Balaban J connectivity index is 1.57. The van der Waals surface area contributed by atoms with Gasteiger partial charge in [-0.1, -0.05) is 6.92 Å². The van der Waals surface area contributed by atoms with E-state index in [-0.39, 0.29) is 0 Å². The summed E-state index contributed by atoms with van der Waals surface area (Å²) in [6.45, 7) is 9.27. The molecule has 0 spiro atoms. The molecular formula is C13H26N2O. The number of rotatable bonds is 5. The van der Waals surface area contributed by atoms with Gasteiger partial charge in [0.15, 0.2) is 0 Å². The summed E-state index contributed by atoms with van der Waals surface area (Å²) in [6.07, 6.45) is 5.31. The van der Waals surface area contributed by atoms with E-state index in [0.29, 0.717) is 6.04 Å². The lowest BCUT2D eigenvalue weighted by molar-refractivity contribution is 0.0687. The van der Waals surface area contributed by atoms with E-state index in [4.69, 9.17) is 4.74 Å². The normalized spacial score (nSPS) is 29.4. The molecule has 3 nitrogen and oxygen atoms in total. The van der Waals surface area contributed by atoms with Gasteiger partial charge >= 0.3 is 0 Å². The zero-order valence-corrected chi connectivity index (χ0v) is 10.6. The minimum atomic E-state index is 0.606. The minimum absolute atomic E-state index is 0.606. The van der Waals surface area contributed by atoms with Crippen molar-refractivity contribution in [1.29, 1.82) is 0 Å². The molecule has 0 radical (unpaired) electrons. The summed E-state index contributed by atoms with van der Waals surface area (Å²) in [5.74, 6) is 0.764. The van der Waals surface area contributed by atoms with E-state index >= 15 is 0 Å². The molecule has 0 aromatic heterocycles. The number of nitrogens with one attached hydrogen (secondary N) is 1. The van der Waals surface area contributed by atoms with Gasteiger partial charge in [-0.15, -0.1) is 0 Å². The smallest absolute Gasteiger partial charge is 0.0619 e. The van der Waals surface area contributed by atoms with E-state index < -0.39 is 0 Å². The monoisotopic (exact) mass is 226 g/mol.